The molecule has 5 aromatic rings. The van der Waals surface area contributed by atoms with E-state index in [-0.39, 0.29) is 28.7 Å². The second-order valence-electron chi connectivity index (χ2n) is 24.2. The summed E-state index contributed by atoms with van der Waals surface area (Å²) in [5, 5.41) is 6.24. The summed E-state index contributed by atoms with van der Waals surface area (Å²) in [7, 11) is -11.0. The van der Waals surface area contributed by atoms with E-state index in [0.29, 0.717) is 48.6 Å². The summed E-state index contributed by atoms with van der Waals surface area (Å²) in [6.07, 6.45) is 6.36. The number of carbonyl (C=O) groups excluding carboxylic acids is 3. The van der Waals surface area contributed by atoms with E-state index >= 15 is 0 Å². The molecule has 1 unspecified atom stereocenters. The van der Waals surface area contributed by atoms with Crippen molar-refractivity contribution in [2.24, 2.45) is 11.3 Å². The number of allylic oxidation sites excluding steroid dienone is 1. The number of anilines is 3. The lowest BCUT2D eigenvalue weighted by Crippen LogP contribution is -2.49. The van der Waals surface area contributed by atoms with Gasteiger partial charge in [-0.25, -0.2) is 21.6 Å². The molecule has 0 aromatic heterocycles. The lowest BCUT2D eigenvalue weighted by Gasteiger charge is -2.40. The van der Waals surface area contributed by atoms with Gasteiger partial charge in [0.1, 0.15) is 4.90 Å². The number of halogens is 4. The number of alkyl halides is 3. The molecular weight excluding hydrogens is 1180 g/mol. The lowest BCUT2D eigenvalue weighted by atomic mass is 9.73. The van der Waals surface area contributed by atoms with Gasteiger partial charge < -0.3 is 20.0 Å². The topological polar surface area (TPSA) is 172 Å². The fourth-order valence-electron chi connectivity index (χ4n) is 12.5. The zero-order chi connectivity index (χ0) is 60.8. The summed E-state index contributed by atoms with van der Waals surface area (Å²) >= 11 is 7.68. The molecule has 5 aromatic carbocycles. The van der Waals surface area contributed by atoms with Gasteiger partial charge in [0.25, 0.3) is 25.8 Å². The van der Waals surface area contributed by atoms with Gasteiger partial charge in [0.15, 0.2) is 0 Å². The van der Waals surface area contributed by atoms with Crippen molar-refractivity contribution >= 4 is 83.6 Å². The second kappa shape index (κ2) is 27.2. The Kier molecular flexibility index (Phi) is 20.0. The first kappa shape index (κ1) is 63.1. The molecule has 3 N–H and O–H groups in total. The van der Waals surface area contributed by atoms with Gasteiger partial charge in [-0.2, -0.15) is 13.2 Å². The number of nitrogens with one attached hydrogen (secondary N) is 3. The number of carbonyl (C=O) groups is 3. The molecule has 460 valence electrons. The normalized spacial score (nSPS) is 20.2. The molecule has 3 amide bonds. The van der Waals surface area contributed by atoms with Crippen LogP contribution in [0.2, 0.25) is 5.02 Å². The van der Waals surface area contributed by atoms with Gasteiger partial charge in [0.2, 0.25) is 11.8 Å². The van der Waals surface area contributed by atoms with Crippen molar-refractivity contribution < 1.29 is 44.4 Å². The number of imide groups is 1. The smallest absolute Gasteiger partial charge is 0.380 e. The maximum absolute atomic E-state index is 14.5. The molecular formula is C64H76ClF3N8O7S3. The summed E-state index contributed by atoms with van der Waals surface area (Å²) in [4.78, 5) is 48.3. The van der Waals surface area contributed by atoms with Crippen LogP contribution in [0.4, 0.5) is 30.2 Å². The molecule has 4 fully saturated rings. The van der Waals surface area contributed by atoms with Crippen molar-refractivity contribution in [2.75, 3.05) is 106 Å². The van der Waals surface area contributed by atoms with E-state index in [4.69, 9.17) is 11.6 Å². The minimum absolute atomic E-state index is 0.00812. The van der Waals surface area contributed by atoms with E-state index in [2.05, 4.69) is 73.2 Å². The standard InChI is InChI=1S/C64H76ClF3N8O7S3/c1-63(2)28-24-56(46-8-14-50(65)15-9-46)49(41-63)43-74-34-38-76(39-35-74)53-18-12-48(13-19-53)61(78)71-86(82,83)55-20-22-58(59(40-55)85(80,81)64(66,67)68)69-51(44-84-54-6-4-3-5-7-54)27-31-72-29-25-45(26-30-72)42-73-32-36-75(37-33-73)52-16-10-47(11-17-52)57-21-23-60(77)70-62(57)79/h3-20,22,40,45,51,57,69H,21,23-39,41-44H2,1-2H3,(H,71,78)(H,70,77,79)/t51-,57?/m1/s1. The monoisotopic (exact) mass is 1260 g/mol. The van der Waals surface area contributed by atoms with E-state index in [1.54, 1.807) is 12.1 Å². The van der Waals surface area contributed by atoms with Crippen LogP contribution in [0.3, 0.4) is 0 Å². The maximum atomic E-state index is 14.5. The van der Waals surface area contributed by atoms with Crippen molar-refractivity contribution in [1.82, 2.24) is 24.7 Å². The van der Waals surface area contributed by atoms with Crippen molar-refractivity contribution in [3.63, 3.8) is 0 Å². The SMILES string of the molecule is CC1(C)CCC(c2ccc(Cl)cc2)=C(CN2CCN(c3ccc(C(=O)NS(=O)(=O)c4ccc(N[C@H](CCN5CCC(CN6CCN(c7ccc(C8CCC(=O)NC8=O)cc7)CC6)CC5)CSc5ccccc5)c(S(=O)(=O)C(F)(F)F)c4)cc3)CC2)C1. The number of thioether (sulfide) groups is 1. The number of sulfone groups is 1. The Morgan fingerprint density at radius 3 is 2.00 bits per heavy atom. The van der Waals surface area contributed by atoms with Crippen molar-refractivity contribution in [2.45, 2.75) is 97.4 Å². The molecule has 10 rings (SSSR count). The minimum Gasteiger partial charge on any atom is -0.380 e. The Balaban J connectivity index is 0.737. The predicted octanol–water partition coefficient (Wildman–Crippen LogP) is 10.6. The highest BCUT2D eigenvalue weighted by atomic mass is 35.5. The van der Waals surface area contributed by atoms with Crippen LogP contribution in [0.5, 0.6) is 0 Å². The quantitative estimate of drug-likeness (QED) is 0.0497. The Hall–Kier alpha value is -5.94. The number of amides is 3. The minimum atomic E-state index is -6.11. The van der Waals surface area contributed by atoms with E-state index < -0.39 is 52.8 Å². The molecule has 0 saturated carbocycles. The molecule has 86 heavy (non-hydrogen) atoms. The van der Waals surface area contributed by atoms with E-state index in [9.17, 15) is 44.4 Å². The van der Waals surface area contributed by atoms with Gasteiger partial charge in [0, 0.05) is 117 Å². The van der Waals surface area contributed by atoms with Crippen LogP contribution in [0.25, 0.3) is 5.57 Å². The Morgan fingerprint density at radius 2 is 1.37 bits per heavy atom. The van der Waals surface area contributed by atoms with Crippen LogP contribution in [0.15, 0.2) is 142 Å². The zero-order valence-corrected chi connectivity index (χ0v) is 51.9. The first-order valence-corrected chi connectivity index (χ1v) is 34.0. The van der Waals surface area contributed by atoms with Gasteiger partial charge in [-0.15, -0.1) is 11.8 Å². The first-order chi connectivity index (χ1) is 41.1. The fourth-order valence-corrected chi connectivity index (χ4v) is 15.7. The van der Waals surface area contributed by atoms with Crippen LogP contribution < -0.4 is 25.2 Å². The predicted molar refractivity (Wildman–Crippen MR) is 334 cm³/mol. The van der Waals surface area contributed by atoms with E-state index in [1.807, 2.05) is 59.3 Å². The molecule has 0 spiro atoms. The zero-order valence-electron chi connectivity index (χ0n) is 48.7. The second-order valence-corrected chi connectivity index (χ2v) is 29.3. The van der Waals surface area contributed by atoms with Crippen molar-refractivity contribution in [3.05, 3.63) is 149 Å². The van der Waals surface area contributed by atoms with Crippen molar-refractivity contribution in [3.8, 4) is 0 Å². The van der Waals surface area contributed by atoms with Gasteiger partial charge in [-0.05, 0) is 165 Å². The third-order valence-corrected chi connectivity index (χ3v) is 21.9. The highest BCUT2D eigenvalue weighted by Crippen LogP contribution is 2.43. The number of hydrogen-bond donors (Lipinski definition) is 3. The van der Waals surface area contributed by atoms with Crippen LogP contribution in [0, 0.1) is 11.3 Å². The summed E-state index contributed by atoms with van der Waals surface area (Å²) in [5.74, 6) is -0.973. The number of benzene rings is 5. The number of piperazine rings is 2. The molecule has 15 nitrogen and oxygen atoms in total. The number of rotatable bonds is 20. The molecule has 0 bridgehead atoms. The average molecular weight is 1260 g/mol. The van der Waals surface area contributed by atoms with Crippen LogP contribution in [-0.2, 0) is 29.4 Å². The van der Waals surface area contributed by atoms with E-state index in [1.165, 1.54) is 40.6 Å². The van der Waals surface area contributed by atoms with Gasteiger partial charge >= 0.3 is 5.51 Å². The molecule has 0 radical (unpaired) electrons. The highest BCUT2D eigenvalue weighted by molar-refractivity contribution is 7.99. The van der Waals surface area contributed by atoms with Crippen LogP contribution in [-0.4, -0.2) is 152 Å². The summed E-state index contributed by atoms with van der Waals surface area (Å²) in [6.45, 7) is 15.3. The lowest BCUT2D eigenvalue weighted by molar-refractivity contribution is -0.134. The molecule has 4 heterocycles. The Labute approximate surface area is 513 Å². The molecule has 4 saturated heterocycles. The molecule has 1 aliphatic carbocycles. The number of nitrogens with zero attached hydrogens (tertiary/aromatic N) is 5. The average Bonchev–Trinajstić information content (AvgIpc) is 1.11. The largest absolute Gasteiger partial charge is 0.501 e. The summed E-state index contributed by atoms with van der Waals surface area (Å²) in [5.41, 5.74) is 0.929. The number of hydrogen-bond acceptors (Lipinski definition) is 14. The summed E-state index contributed by atoms with van der Waals surface area (Å²) in [6, 6.07) is 34.0. The molecule has 4 aliphatic heterocycles. The van der Waals surface area contributed by atoms with Crippen LogP contribution >= 0.6 is 23.4 Å². The van der Waals surface area contributed by atoms with Crippen molar-refractivity contribution in [1.29, 1.82) is 0 Å². The number of piperidine rings is 2. The molecule has 2 atom stereocenters. The first-order valence-electron chi connectivity index (χ1n) is 29.7. The van der Waals surface area contributed by atoms with E-state index in [0.717, 1.165) is 145 Å². The maximum Gasteiger partial charge on any atom is 0.501 e. The van der Waals surface area contributed by atoms with Crippen LogP contribution in [0.1, 0.15) is 92.6 Å². The van der Waals surface area contributed by atoms with Gasteiger partial charge in [-0.3, -0.25) is 29.5 Å². The Bertz CT molecular complexity index is 3460. The number of sulfonamides is 1. The van der Waals surface area contributed by atoms with Gasteiger partial charge in [-0.1, -0.05) is 73.5 Å². The summed E-state index contributed by atoms with van der Waals surface area (Å²) < 4.78 is 99.9. The van der Waals surface area contributed by atoms with Gasteiger partial charge in [0.05, 0.1) is 16.5 Å². The Morgan fingerprint density at radius 1 is 0.744 bits per heavy atom. The third kappa shape index (κ3) is 15.8. The fraction of sp³-hybridized carbons (Fsp3) is 0.453. The number of likely N-dealkylation sites (tertiary alicyclic amines) is 1. The molecule has 5 aliphatic rings. The highest BCUT2D eigenvalue weighted by Gasteiger charge is 2.49. The molecule has 22 heteroatoms. The third-order valence-electron chi connectivity index (χ3n) is 17.6.